The van der Waals surface area contributed by atoms with Crippen molar-refractivity contribution >= 4 is 10.9 Å². The summed E-state index contributed by atoms with van der Waals surface area (Å²) in [6.07, 6.45) is 0.580. The summed E-state index contributed by atoms with van der Waals surface area (Å²) in [5.41, 5.74) is 3.82. The van der Waals surface area contributed by atoms with Gasteiger partial charge in [0.1, 0.15) is 6.23 Å². The van der Waals surface area contributed by atoms with Gasteiger partial charge in [0.25, 0.3) is 0 Å². The van der Waals surface area contributed by atoms with Crippen LogP contribution in [-0.4, -0.2) is 44.8 Å². The van der Waals surface area contributed by atoms with Gasteiger partial charge in [0.2, 0.25) is 0 Å². The van der Waals surface area contributed by atoms with E-state index in [0.717, 1.165) is 12.8 Å². The van der Waals surface area contributed by atoms with Gasteiger partial charge in [0.15, 0.2) is 6.29 Å². The maximum absolute atomic E-state index is 11.0. The van der Waals surface area contributed by atoms with Crippen LogP contribution < -0.4 is 0 Å². The molecule has 7 rings (SSSR count). The highest BCUT2D eigenvalue weighted by Crippen LogP contribution is 2.59. The molecule has 1 aromatic heterocycles. The molecule has 5 nitrogen and oxygen atoms in total. The molecule has 24 heavy (non-hydrogen) atoms. The minimum atomic E-state index is -0.714. The number of ether oxygens (including phenoxy) is 1. The van der Waals surface area contributed by atoms with E-state index in [2.05, 4.69) is 34.1 Å². The number of para-hydroxylation sites is 1. The van der Waals surface area contributed by atoms with Gasteiger partial charge in [-0.25, -0.2) is 0 Å². The zero-order chi connectivity index (χ0) is 16.2. The molecule has 5 aliphatic rings. The highest BCUT2D eigenvalue weighted by Gasteiger charge is 2.64. The molecular weight excluding hydrogens is 304 g/mol. The number of hydrogen-bond donors (Lipinski definition) is 3. The van der Waals surface area contributed by atoms with Crippen molar-refractivity contribution in [1.82, 2.24) is 9.88 Å². The van der Waals surface area contributed by atoms with Crippen LogP contribution in [0.4, 0.5) is 0 Å². The second-order valence-electron chi connectivity index (χ2n) is 8.00. The molecule has 0 saturated carbocycles. The molecule has 0 amide bonds. The molecule has 126 valence electrons. The van der Waals surface area contributed by atoms with Gasteiger partial charge in [-0.05, 0) is 37.3 Å². The van der Waals surface area contributed by atoms with E-state index in [1.165, 1.54) is 22.2 Å². The van der Waals surface area contributed by atoms with E-state index < -0.39 is 12.5 Å². The monoisotopic (exact) mass is 326 g/mol. The number of aliphatic hydroxyl groups is 2. The van der Waals surface area contributed by atoms with Crippen molar-refractivity contribution in [3.05, 3.63) is 35.5 Å². The van der Waals surface area contributed by atoms with Gasteiger partial charge in [-0.15, -0.1) is 0 Å². The van der Waals surface area contributed by atoms with Gasteiger partial charge in [-0.1, -0.05) is 18.2 Å². The van der Waals surface area contributed by atoms with Crippen LogP contribution in [0.25, 0.3) is 10.9 Å². The zero-order valence-corrected chi connectivity index (χ0v) is 13.6. The number of rotatable bonds is 0. The number of benzene rings is 1. The average molecular weight is 326 g/mol. The van der Waals surface area contributed by atoms with Crippen molar-refractivity contribution < 1.29 is 14.9 Å². The maximum atomic E-state index is 11.0. The van der Waals surface area contributed by atoms with Crippen LogP contribution >= 0.6 is 0 Å². The first-order chi connectivity index (χ1) is 11.6. The summed E-state index contributed by atoms with van der Waals surface area (Å²) in [7, 11) is 0. The Kier molecular flexibility index (Phi) is 2.54. The molecule has 3 N–H and O–H groups in total. The number of aliphatic hydroxyl groups excluding tert-OH is 2. The first kappa shape index (κ1) is 13.8. The molecule has 2 aromatic rings. The number of H-pyrrole nitrogens is 1. The standard InChI is InChI=1S/C19H22N2O3/c1-8-15-11-7-14-17-10(9-4-2-3-5-12(9)20-17)6-13(21(14)18(15)22)16(11)19(23)24-8/h2-5,8,11,13-16,18-20,22-23H,6-7H2,1H3/t8-,11+,13+,14+,15+,16-,18-,19-/m1/s1. The molecule has 4 saturated heterocycles. The van der Waals surface area contributed by atoms with Crippen LogP contribution in [0.15, 0.2) is 24.3 Å². The van der Waals surface area contributed by atoms with Gasteiger partial charge >= 0.3 is 0 Å². The van der Waals surface area contributed by atoms with E-state index in [9.17, 15) is 10.2 Å². The Morgan fingerprint density at radius 1 is 1.21 bits per heavy atom. The summed E-state index contributed by atoms with van der Waals surface area (Å²) in [6.45, 7) is 1.99. The largest absolute Gasteiger partial charge is 0.378 e. The van der Waals surface area contributed by atoms with E-state index in [1.807, 2.05) is 6.92 Å². The van der Waals surface area contributed by atoms with Crippen LogP contribution in [0.3, 0.4) is 0 Å². The van der Waals surface area contributed by atoms with E-state index in [1.54, 1.807) is 0 Å². The number of nitrogens with one attached hydrogen (secondary N) is 1. The fourth-order valence-electron chi connectivity index (χ4n) is 6.30. The Labute approximate surface area is 140 Å². The molecule has 1 aromatic carbocycles. The Morgan fingerprint density at radius 3 is 2.92 bits per heavy atom. The number of nitrogens with zero attached hydrogens (tertiary/aromatic N) is 1. The van der Waals surface area contributed by atoms with Gasteiger partial charge < -0.3 is 19.9 Å². The summed E-state index contributed by atoms with van der Waals surface area (Å²) >= 11 is 0. The normalized spacial score (nSPS) is 48.5. The third kappa shape index (κ3) is 1.46. The number of aromatic nitrogens is 1. The second-order valence-corrected chi connectivity index (χ2v) is 8.00. The molecular formula is C19H22N2O3. The number of aromatic amines is 1. The molecule has 6 bridgehead atoms. The molecule has 0 spiro atoms. The molecule has 4 fully saturated rings. The van der Waals surface area contributed by atoms with Crippen molar-refractivity contribution in [1.29, 1.82) is 0 Å². The lowest BCUT2D eigenvalue weighted by molar-refractivity contribution is -0.333. The fourth-order valence-corrected chi connectivity index (χ4v) is 6.30. The van der Waals surface area contributed by atoms with Crippen LogP contribution in [-0.2, 0) is 11.2 Å². The smallest absolute Gasteiger partial charge is 0.159 e. The SMILES string of the molecule is C[C@H]1O[C@@H](O)[C@@H]2[C@H]3C[C@H]4c5[nH]c6ccccc6c5C[C@@H]2N4[C@H](O)[C@H]31. The first-order valence-electron chi connectivity index (χ1n) is 9.03. The highest BCUT2D eigenvalue weighted by atomic mass is 16.6. The number of hydrogen-bond acceptors (Lipinski definition) is 4. The predicted octanol–water partition coefficient (Wildman–Crippen LogP) is 1.76. The van der Waals surface area contributed by atoms with Crippen LogP contribution in [0.1, 0.15) is 30.6 Å². The van der Waals surface area contributed by atoms with Crippen molar-refractivity contribution in [3.8, 4) is 0 Å². The molecule has 5 heteroatoms. The zero-order valence-electron chi connectivity index (χ0n) is 13.6. The fraction of sp³-hybridized carbons (Fsp3) is 0.579. The van der Waals surface area contributed by atoms with Crippen molar-refractivity contribution in [2.24, 2.45) is 17.8 Å². The van der Waals surface area contributed by atoms with Crippen molar-refractivity contribution in [3.63, 3.8) is 0 Å². The van der Waals surface area contributed by atoms with E-state index in [-0.39, 0.29) is 30.0 Å². The third-order valence-corrected chi connectivity index (χ3v) is 7.14. The predicted molar refractivity (Wildman–Crippen MR) is 88.0 cm³/mol. The topological polar surface area (TPSA) is 68.7 Å². The lowest BCUT2D eigenvalue weighted by Gasteiger charge is -2.66. The number of fused-ring (bicyclic) bond motifs is 3. The van der Waals surface area contributed by atoms with Crippen LogP contribution in [0.5, 0.6) is 0 Å². The van der Waals surface area contributed by atoms with Gasteiger partial charge in [0, 0.05) is 34.5 Å². The summed E-state index contributed by atoms with van der Waals surface area (Å²) in [5, 5.41) is 22.9. The van der Waals surface area contributed by atoms with E-state index in [4.69, 9.17) is 4.74 Å². The van der Waals surface area contributed by atoms with E-state index >= 15 is 0 Å². The maximum Gasteiger partial charge on any atom is 0.159 e. The van der Waals surface area contributed by atoms with Crippen molar-refractivity contribution in [2.75, 3.05) is 0 Å². The number of piperidine rings is 3. The highest BCUT2D eigenvalue weighted by molar-refractivity contribution is 5.85. The Morgan fingerprint density at radius 2 is 2.04 bits per heavy atom. The molecule has 1 unspecified atom stereocenters. The Bertz CT molecular complexity index is 833. The summed E-state index contributed by atoms with van der Waals surface area (Å²) in [6, 6.07) is 8.84. The van der Waals surface area contributed by atoms with E-state index in [0.29, 0.717) is 5.92 Å². The van der Waals surface area contributed by atoms with Gasteiger partial charge in [0.05, 0.1) is 12.1 Å². The van der Waals surface area contributed by atoms with Crippen LogP contribution in [0, 0.1) is 17.8 Å². The quantitative estimate of drug-likeness (QED) is 0.690. The minimum absolute atomic E-state index is 0.0951. The molecule has 0 aliphatic carbocycles. The minimum Gasteiger partial charge on any atom is -0.378 e. The van der Waals surface area contributed by atoms with Gasteiger partial charge in [-0.3, -0.25) is 4.90 Å². The Hall–Kier alpha value is -1.40. The lowest BCUT2D eigenvalue weighted by atomic mass is 9.58. The third-order valence-electron chi connectivity index (χ3n) is 7.14. The molecule has 0 radical (unpaired) electrons. The second kappa shape index (κ2) is 4.41. The molecule has 9 atom stereocenters. The van der Waals surface area contributed by atoms with Gasteiger partial charge in [-0.2, -0.15) is 0 Å². The summed E-state index contributed by atoms with van der Waals surface area (Å²) < 4.78 is 5.79. The van der Waals surface area contributed by atoms with Crippen molar-refractivity contribution in [2.45, 2.75) is 50.5 Å². The first-order valence-corrected chi connectivity index (χ1v) is 9.03. The lowest BCUT2D eigenvalue weighted by Crippen LogP contribution is -2.73. The molecule has 5 aliphatic heterocycles. The van der Waals surface area contributed by atoms with Crippen LogP contribution in [0.2, 0.25) is 0 Å². The summed E-state index contributed by atoms with van der Waals surface area (Å²) in [5.74, 6) is 0.544. The summed E-state index contributed by atoms with van der Waals surface area (Å²) in [4.78, 5) is 5.89. The Balaban J connectivity index is 1.55. The average Bonchev–Trinajstić information content (AvgIpc) is 2.93. The molecule has 6 heterocycles.